The van der Waals surface area contributed by atoms with Crippen LogP contribution in [0.25, 0.3) is 0 Å². The molecule has 14 heavy (non-hydrogen) atoms. The molecular formula is C10H11NaO3. The van der Waals surface area contributed by atoms with Crippen LogP contribution in [0.15, 0.2) is 24.3 Å². The van der Waals surface area contributed by atoms with E-state index in [2.05, 4.69) is 0 Å². The van der Waals surface area contributed by atoms with Gasteiger partial charge in [0.25, 0.3) is 0 Å². The minimum Gasteiger partial charge on any atom is -0.545 e. The van der Waals surface area contributed by atoms with E-state index in [4.69, 9.17) is 4.74 Å². The van der Waals surface area contributed by atoms with Gasteiger partial charge in [-0.2, -0.15) is 0 Å². The second-order valence-electron chi connectivity index (χ2n) is 2.66. The maximum atomic E-state index is 10.4. The third-order valence-corrected chi connectivity index (χ3v) is 1.56. The molecule has 4 heteroatoms. The summed E-state index contributed by atoms with van der Waals surface area (Å²) >= 11 is 0. The van der Waals surface area contributed by atoms with Gasteiger partial charge in [0.05, 0.1) is 12.6 Å². The number of rotatable bonds is 4. The molecule has 0 heterocycles. The first-order chi connectivity index (χ1) is 6.24. The molecule has 1 rings (SSSR count). The smallest absolute Gasteiger partial charge is 0.545 e. The maximum absolute atomic E-state index is 10.4. The predicted octanol–water partition coefficient (Wildman–Crippen LogP) is -2.16. The van der Waals surface area contributed by atoms with Crippen LogP contribution in [0.4, 0.5) is 0 Å². The van der Waals surface area contributed by atoms with Crippen molar-refractivity contribution in [3.8, 4) is 5.75 Å². The van der Waals surface area contributed by atoms with Crippen molar-refractivity contribution in [3.63, 3.8) is 0 Å². The largest absolute Gasteiger partial charge is 1.00 e. The summed E-state index contributed by atoms with van der Waals surface area (Å²) in [5.74, 6) is -0.478. The zero-order chi connectivity index (χ0) is 9.68. The van der Waals surface area contributed by atoms with Gasteiger partial charge in [0.15, 0.2) is 0 Å². The average molecular weight is 202 g/mol. The van der Waals surface area contributed by atoms with E-state index in [1.54, 1.807) is 12.1 Å². The Hall–Kier alpha value is -0.510. The summed E-state index contributed by atoms with van der Waals surface area (Å²) in [6.07, 6.45) is 0.933. The molecule has 3 nitrogen and oxygen atoms in total. The van der Waals surface area contributed by atoms with Crippen molar-refractivity contribution in [1.82, 2.24) is 0 Å². The normalized spacial score (nSPS) is 8.93. The molecule has 0 fully saturated rings. The molecule has 1 aromatic rings. The van der Waals surface area contributed by atoms with Crippen molar-refractivity contribution < 1.29 is 44.2 Å². The van der Waals surface area contributed by atoms with Crippen molar-refractivity contribution >= 4 is 5.97 Å². The van der Waals surface area contributed by atoms with Crippen molar-refractivity contribution in [2.75, 3.05) is 6.61 Å². The average Bonchev–Trinajstić information content (AvgIpc) is 2.15. The number of carbonyl (C=O) groups is 1. The van der Waals surface area contributed by atoms with Crippen LogP contribution in [0, 0.1) is 0 Å². The number of carboxylic acid groups (broad SMARTS) is 1. The first-order valence-corrected chi connectivity index (χ1v) is 4.18. The summed E-state index contributed by atoms with van der Waals surface area (Å²) in [4.78, 5) is 10.4. The van der Waals surface area contributed by atoms with Crippen LogP contribution in [0.2, 0.25) is 0 Å². The molecule has 0 saturated carbocycles. The molecule has 1 aromatic carbocycles. The third kappa shape index (κ3) is 4.13. The second-order valence-corrected chi connectivity index (χ2v) is 2.66. The third-order valence-electron chi connectivity index (χ3n) is 1.56. The molecule has 0 bridgehead atoms. The van der Waals surface area contributed by atoms with Gasteiger partial charge in [-0.05, 0) is 36.2 Å². The Morgan fingerprint density at radius 1 is 1.36 bits per heavy atom. The van der Waals surface area contributed by atoms with Crippen LogP contribution >= 0.6 is 0 Å². The fourth-order valence-electron chi connectivity index (χ4n) is 0.907. The van der Waals surface area contributed by atoms with Crippen molar-refractivity contribution in [2.45, 2.75) is 13.3 Å². The Morgan fingerprint density at radius 3 is 2.36 bits per heavy atom. The Balaban J connectivity index is 0.00000169. The Bertz CT molecular complexity index is 282. The first kappa shape index (κ1) is 13.5. The predicted molar refractivity (Wildman–Crippen MR) is 46.6 cm³/mol. The zero-order valence-corrected chi connectivity index (χ0v) is 10.4. The number of hydrogen-bond acceptors (Lipinski definition) is 3. The van der Waals surface area contributed by atoms with E-state index in [1.807, 2.05) is 6.92 Å². The molecule has 70 valence electrons. The summed E-state index contributed by atoms with van der Waals surface area (Å²) < 4.78 is 5.28. The fourth-order valence-corrected chi connectivity index (χ4v) is 0.907. The molecule has 0 aromatic heterocycles. The minimum atomic E-state index is -1.16. The van der Waals surface area contributed by atoms with Gasteiger partial charge in [-0.1, -0.05) is 6.92 Å². The second kappa shape index (κ2) is 6.87. The standard InChI is InChI=1S/C10H12O3.Na/c1-2-7-13-9-5-3-8(4-6-9)10(11)12;/h3-6H,2,7H2,1H3,(H,11,12);/q;+1/p-1. The van der Waals surface area contributed by atoms with Gasteiger partial charge in [0.2, 0.25) is 0 Å². The number of benzene rings is 1. The molecular weight excluding hydrogens is 191 g/mol. The van der Waals surface area contributed by atoms with E-state index < -0.39 is 5.97 Å². The fraction of sp³-hybridized carbons (Fsp3) is 0.300. The SMILES string of the molecule is CCCOc1ccc(C(=O)[O-])cc1.[Na+]. The van der Waals surface area contributed by atoms with Crippen molar-refractivity contribution in [1.29, 1.82) is 0 Å². The Morgan fingerprint density at radius 2 is 1.93 bits per heavy atom. The molecule has 0 unspecified atom stereocenters. The van der Waals surface area contributed by atoms with Crippen LogP contribution in [0.5, 0.6) is 5.75 Å². The molecule has 0 radical (unpaired) electrons. The van der Waals surface area contributed by atoms with Crippen LogP contribution in [0.1, 0.15) is 23.7 Å². The monoisotopic (exact) mass is 202 g/mol. The Kier molecular flexibility index (Phi) is 6.62. The summed E-state index contributed by atoms with van der Waals surface area (Å²) in [6.45, 7) is 2.65. The molecule has 0 aliphatic heterocycles. The van der Waals surface area contributed by atoms with Crippen LogP contribution in [0.3, 0.4) is 0 Å². The summed E-state index contributed by atoms with van der Waals surface area (Å²) in [6, 6.07) is 6.20. The maximum Gasteiger partial charge on any atom is 1.00 e. The molecule has 0 aliphatic rings. The van der Waals surface area contributed by atoms with Gasteiger partial charge in [-0.15, -0.1) is 0 Å². The number of aromatic carboxylic acids is 1. The van der Waals surface area contributed by atoms with Crippen molar-refractivity contribution in [2.24, 2.45) is 0 Å². The van der Waals surface area contributed by atoms with E-state index in [0.717, 1.165) is 6.42 Å². The molecule has 0 saturated heterocycles. The molecule has 0 spiro atoms. The number of carboxylic acids is 1. The van der Waals surface area contributed by atoms with Gasteiger partial charge >= 0.3 is 29.6 Å². The number of ether oxygens (including phenoxy) is 1. The minimum absolute atomic E-state index is 0. The van der Waals surface area contributed by atoms with Gasteiger partial charge in [0.1, 0.15) is 5.75 Å². The zero-order valence-electron chi connectivity index (χ0n) is 8.45. The Labute approximate surface area is 105 Å². The van der Waals surface area contributed by atoms with Crippen molar-refractivity contribution in [3.05, 3.63) is 29.8 Å². The van der Waals surface area contributed by atoms with E-state index >= 15 is 0 Å². The number of hydrogen-bond donors (Lipinski definition) is 0. The quantitative estimate of drug-likeness (QED) is 0.523. The molecule has 0 atom stereocenters. The summed E-state index contributed by atoms with van der Waals surface area (Å²) in [7, 11) is 0. The first-order valence-electron chi connectivity index (χ1n) is 4.18. The van der Waals surface area contributed by atoms with Crippen LogP contribution < -0.4 is 39.4 Å². The van der Waals surface area contributed by atoms with Crippen LogP contribution in [-0.2, 0) is 0 Å². The van der Waals surface area contributed by atoms with Gasteiger partial charge in [-0.25, -0.2) is 0 Å². The van der Waals surface area contributed by atoms with E-state index in [9.17, 15) is 9.90 Å². The van der Waals surface area contributed by atoms with Gasteiger partial charge in [-0.3, -0.25) is 0 Å². The van der Waals surface area contributed by atoms with E-state index in [1.165, 1.54) is 12.1 Å². The topological polar surface area (TPSA) is 49.4 Å². The van der Waals surface area contributed by atoms with Gasteiger partial charge in [0, 0.05) is 0 Å². The molecule has 0 N–H and O–H groups in total. The van der Waals surface area contributed by atoms with E-state index in [-0.39, 0.29) is 35.1 Å². The molecule has 0 amide bonds. The molecule has 0 aliphatic carbocycles. The van der Waals surface area contributed by atoms with E-state index in [0.29, 0.717) is 12.4 Å². The number of carbonyl (C=O) groups excluding carboxylic acids is 1. The summed E-state index contributed by atoms with van der Waals surface area (Å²) in [5.41, 5.74) is 0.170. The summed E-state index contributed by atoms with van der Waals surface area (Å²) in [5, 5.41) is 10.4. The van der Waals surface area contributed by atoms with Crippen LogP contribution in [-0.4, -0.2) is 12.6 Å². The van der Waals surface area contributed by atoms with Gasteiger partial charge < -0.3 is 14.6 Å².